The molecule has 0 fully saturated rings. The summed E-state index contributed by atoms with van der Waals surface area (Å²) in [6.07, 6.45) is 3.65. The summed E-state index contributed by atoms with van der Waals surface area (Å²) in [4.78, 5) is 27.0. The fraction of sp³-hybridized carbons (Fsp3) is 0.235. The van der Waals surface area contributed by atoms with E-state index in [4.69, 9.17) is 0 Å². The largest absolute Gasteiger partial charge is 0.356 e. The van der Waals surface area contributed by atoms with Crippen molar-refractivity contribution in [2.75, 3.05) is 6.54 Å². The summed E-state index contributed by atoms with van der Waals surface area (Å²) in [5, 5.41) is 5.62. The molecule has 2 aromatic rings. The zero-order valence-electron chi connectivity index (χ0n) is 12.5. The molecule has 22 heavy (non-hydrogen) atoms. The molecule has 2 amide bonds. The van der Waals surface area contributed by atoms with Crippen molar-refractivity contribution in [3.05, 3.63) is 66.0 Å². The van der Waals surface area contributed by atoms with Gasteiger partial charge >= 0.3 is 0 Å². The molecule has 114 valence electrons. The van der Waals surface area contributed by atoms with Crippen LogP contribution in [-0.4, -0.2) is 23.3 Å². The molecular weight excluding hydrogens is 278 g/mol. The first kappa shape index (κ1) is 15.7. The number of carbonyl (C=O) groups is 2. The van der Waals surface area contributed by atoms with E-state index < -0.39 is 0 Å². The van der Waals surface area contributed by atoms with E-state index in [-0.39, 0.29) is 24.3 Å². The summed E-state index contributed by atoms with van der Waals surface area (Å²) in [7, 11) is 0. The Balaban J connectivity index is 2.09. The maximum absolute atomic E-state index is 12.1. The molecule has 1 aromatic heterocycles. The van der Waals surface area contributed by atoms with Gasteiger partial charge in [-0.05, 0) is 23.3 Å². The minimum absolute atomic E-state index is 0.112. The molecule has 0 spiro atoms. The predicted molar refractivity (Wildman–Crippen MR) is 84.0 cm³/mol. The zero-order chi connectivity index (χ0) is 15.8. The minimum atomic E-state index is -0.228. The molecule has 2 N–H and O–H groups in total. The highest BCUT2D eigenvalue weighted by molar-refractivity contribution is 5.78. The molecule has 1 heterocycles. The van der Waals surface area contributed by atoms with E-state index >= 15 is 0 Å². The lowest BCUT2D eigenvalue weighted by molar-refractivity contribution is -0.122. The quantitative estimate of drug-likeness (QED) is 0.854. The Kier molecular flexibility index (Phi) is 5.65. The highest BCUT2D eigenvalue weighted by Crippen LogP contribution is 2.21. The van der Waals surface area contributed by atoms with Crippen LogP contribution >= 0.6 is 0 Å². The molecule has 0 aliphatic rings. The van der Waals surface area contributed by atoms with Crippen molar-refractivity contribution in [3.63, 3.8) is 0 Å². The van der Waals surface area contributed by atoms with Crippen LogP contribution in [0.5, 0.6) is 0 Å². The van der Waals surface area contributed by atoms with Crippen molar-refractivity contribution in [1.82, 2.24) is 15.6 Å². The third-order valence-electron chi connectivity index (χ3n) is 3.20. The Labute approximate surface area is 129 Å². The van der Waals surface area contributed by atoms with E-state index in [2.05, 4.69) is 15.6 Å². The Hall–Kier alpha value is -2.69. The second kappa shape index (κ2) is 7.93. The van der Waals surface area contributed by atoms with Gasteiger partial charge in [-0.3, -0.25) is 14.6 Å². The van der Waals surface area contributed by atoms with Gasteiger partial charge in [-0.15, -0.1) is 0 Å². The number of amides is 2. The van der Waals surface area contributed by atoms with Gasteiger partial charge in [-0.25, -0.2) is 0 Å². The van der Waals surface area contributed by atoms with Crippen molar-refractivity contribution in [1.29, 1.82) is 0 Å². The van der Waals surface area contributed by atoms with Gasteiger partial charge in [0.25, 0.3) is 0 Å². The number of aromatic nitrogens is 1. The van der Waals surface area contributed by atoms with Gasteiger partial charge in [-0.2, -0.15) is 0 Å². The fourth-order valence-corrected chi connectivity index (χ4v) is 2.15. The minimum Gasteiger partial charge on any atom is -0.356 e. The summed E-state index contributed by atoms with van der Waals surface area (Å²) in [6, 6.07) is 13.3. The summed E-state index contributed by atoms with van der Waals surface area (Å²) in [5.41, 5.74) is 1.97. The molecule has 5 nitrogen and oxygen atoms in total. The molecule has 2 rings (SSSR count). The average molecular weight is 297 g/mol. The van der Waals surface area contributed by atoms with Gasteiger partial charge < -0.3 is 10.6 Å². The first-order chi connectivity index (χ1) is 10.7. The van der Waals surface area contributed by atoms with Crippen LogP contribution in [0.25, 0.3) is 0 Å². The maximum Gasteiger partial charge on any atom is 0.222 e. The number of nitrogens with one attached hydrogen (secondary N) is 2. The van der Waals surface area contributed by atoms with Crippen molar-refractivity contribution in [3.8, 4) is 0 Å². The summed E-state index contributed by atoms with van der Waals surface area (Å²) in [6.45, 7) is 1.76. The normalized spacial score (nSPS) is 11.5. The molecule has 0 bridgehead atoms. The molecule has 1 aromatic carbocycles. The maximum atomic E-state index is 12.1. The van der Waals surface area contributed by atoms with Crippen LogP contribution in [0, 0.1) is 0 Å². The van der Waals surface area contributed by atoms with Gasteiger partial charge in [0.05, 0.1) is 6.04 Å². The van der Waals surface area contributed by atoms with Crippen molar-refractivity contribution in [2.24, 2.45) is 0 Å². The molecule has 1 unspecified atom stereocenters. The Morgan fingerprint density at radius 1 is 1.05 bits per heavy atom. The number of hydrogen-bond donors (Lipinski definition) is 2. The number of carbonyl (C=O) groups excluding carboxylic acids is 2. The Morgan fingerprint density at radius 2 is 1.68 bits per heavy atom. The summed E-state index contributed by atoms with van der Waals surface area (Å²) >= 11 is 0. The average Bonchev–Trinajstić information content (AvgIpc) is 2.54. The van der Waals surface area contributed by atoms with Crippen molar-refractivity contribution < 1.29 is 9.59 Å². The van der Waals surface area contributed by atoms with E-state index in [0.29, 0.717) is 6.54 Å². The standard InChI is InChI=1S/C17H19N3O2/c1-13(21)19-12-9-16(22)20-17(14-5-3-2-4-6-14)15-7-10-18-11-8-15/h2-8,10-11,17H,9,12H2,1H3,(H,19,21)(H,20,22). The highest BCUT2D eigenvalue weighted by Gasteiger charge is 2.16. The van der Waals surface area contributed by atoms with Gasteiger partial charge in [0.1, 0.15) is 0 Å². The monoisotopic (exact) mass is 297 g/mol. The molecule has 0 aliphatic carbocycles. The zero-order valence-corrected chi connectivity index (χ0v) is 12.5. The molecular formula is C17H19N3O2. The van der Waals surface area contributed by atoms with Crippen LogP contribution < -0.4 is 10.6 Å². The number of hydrogen-bond acceptors (Lipinski definition) is 3. The van der Waals surface area contributed by atoms with Crippen molar-refractivity contribution in [2.45, 2.75) is 19.4 Å². The van der Waals surface area contributed by atoms with E-state index in [0.717, 1.165) is 11.1 Å². The predicted octanol–water partition coefficient (Wildman–Crippen LogP) is 1.81. The summed E-state index contributed by atoms with van der Waals surface area (Å²) in [5.74, 6) is -0.249. The highest BCUT2D eigenvalue weighted by atomic mass is 16.2. The van der Waals surface area contributed by atoms with Gasteiger partial charge in [0.15, 0.2) is 0 Å². The topological polar surface area (TPSA) is 71.1 Å². The van der Waals surface area contributed by atoms with E-state index in [1.807, 2.05) is 42.5 Å². The number of rotatable bonds is 6. The first-order valence-corrected chi connectivity index (χ1v) is 7.15. The lowest BCUT2D eigenvalue weighted by atomic mass is 9.99. The number of pyridine rings is 1. The van der Waals surface area contributed by atoms with Crippen LogP contribution in [0.4, 0.5) is 0 Å². The molecule has 0 saturated carbocycles. The lowest BCUT2D eigenvalue weighted by Crippen LogP contribution is -2.32. The smallest absolute Gasteiger partial charge is 0.222 e. The molecule has 0 aliphatic heterocycles. The van der Waals surface area contributed by atoms with Crippen LogP contribution in [0.1, 0.15) is 30.5 Å². The van der Waals surface area contributed by atoms with Gasteiger partial charge in [0, 0.05) is 32.3 Å². The lowest BCUT2D eigenvalue weighted by Gasteiger charge is -2.19. The molecule has 1 atom stereocenters. The Bertz CT molecular complexity index is 575. The Morgan fingerprint density at radius 3 is 2.32 bits per heavy atom. The first-order valence-electron chi connectivity index (χ1n) is 7.15. The molecule has 0 radical (unpaired) electrons. The van der Waals surface area contributed by atoms with Crippen molar-refractivity contribution >= 4 is 11.8 Å². The third-order valence-corrected chi connectivity index (χ3v) is 3.20. The second-order valence-electron chi connectivity index (χ2n) is 4.92. The molecule has 5 heteroatoms. The van der Waals surface area contributed by atoms with Crippen LogP contribution in [0.2, 0.25) is 0 Å². The summed E-state index contributed by atoms with van der Waals surface area (Å²) < 4.78 is 0. The SMILES string of the molecule is CC(=O)NCCC(=O)NC(c1ccccc1)c1ccncc1. The van der Waals surface area contributed by atoms with Crippen LogP contribution in [0.3, 0.4) is 0 Å². The van der Waals surface area contributed by atoms with Crippen LogP contribution in [0.15, 0.2) is 54.9 Å². The fourth-order valence-electron chi connectivity index (χ4n) is 2.15. The van der Waals surface area contributed by atoms with E-state index in [9.17, 15) is 9.59 Å². The second-order valence-corrected chi connectivity index (χ2v) is 4.92. The van der Waals surface area contributed by atoms with Crippen LogP contribution in [-0.2, 0) is 9.59 Å². The number of nitrogens with zero attached hydrogens (tertiary/aromatic N) is 1. The molecule has 0 saturated heterocycles. The van der Waals surface area contributed by atoms with Gasteiger partial charge in [0.2, 0.25) is 11.8 Å². The van der Waals surface area contributed by atoms with Gasteiger partial charge in [-0.1, -0.05) is 30.3 Å². The van der Waals surface area contributed by atoms with E-state index in [1.165, 1.54) is 6.92 Å². The van der Waals surface area contributed by atoms with E-state index in [1.54, 1.807) is 12.4 Å². The number of benzene rings is 1. The third kappa shape index (κ3) is 4.70.